The van der Waals surface area contributed by atoms with Crippen LogP contribution in [0.3, 0.4) is 0 Å². The zero-order valence-corrected chi connectivity index (χ0v) is 19.0. The van der Waals surface area contributed by atoms with E-state index >= 15 is 0 Å². The Labute approximate surface area is 181 Å². The van der Waals surface area contributed by atoms with Gasteiger partial charge in [0.25, 0.3) is 5.91 Å². The van der Waals surface area contributed by atoms with Crippen LogP contribution in [0.4, 0.5) is 5.69 Å². The molecule has 4 N–H and O–H groups in total. The van der Waals surface area contributed by atoms with Gasteiger partial charge in [-0.25, -0.2) is 4.99 Å². The topological polar surface area (TPSA) is 94.2 Å². The quantitative estimate of drug-likeness (QED) is 0.538. The zero-order valence-electron chi connectivity index (χ0n) is 17.4. The van der Waals surface area contributed by atoms with E-state index in [4.69, 9.17) is 5.73 Å². The predicted molar refractivity (Wildman–Crippen MR) is 119 cm³/mol. The minimum Gasteiger partial charge on any atom is -0.369 e. The van der Waals surface area contributed by atoms with E-state index in [-0.39, 0.29) is 5.91 Å². The number of piperidine rings is 1. The number of rotatable bonds is 7. The molecule has 1 aromatic carbocycles. The van der Waals surface area contributed by atoms with Crippen LogP contribution < -0.4 is 11.1 Å². The highest BCUT2D eigenvalue weighted by Crippen LogP contribution is 2.30. The fourth-order valence-corrected chi connectivity index (χ4v) is 4.72. The summed E-state index contributed by atoms with van der Waals surface area (Å²) in [4.78, 5) is 21.1. The number of aliphatic imine (C=N–C) groups is 1. The normalized spacial score (nSPS) is 24.8. The van der Waals surface area contributed by atoms with E-state index in [1.54, 1.807) is 4.90 Å². The Morgan fingerprint density at radius 1 is 1.38 bits per heavy atom. The SMILES string of the molecule is CC(C)CC1(C)N=C(N)N(CC2CCN(C(O)Nc3cccc(Br)c3)CC2)C1=O. The van der Waals surface area contributed by atoms with E-state index in [0.29, 0.717) is 30.8 Å². The molecule has 1 aromatic rings. The molecule has 2 aliphatic rings. The van der Waals surface area contributed by atoms with Gasteiger partial charge in [0.1, 0.15) is 5.54 Å². The molecule has 1 saturated heterocycles. The van der Waals surface area contributed by atoms with Gasteiger partial charge in [-0.3, -0.25) is 14.6 Å². The fraction of sp³-hybridized carbons (Fsp3) is 0.619. The summed E-state index contributed by atoms with van der Waals surface area (Å²) in [5.41, 5.74) is 6.24. The Balaban J connectivity index is 1.51. The lowest BCUT2D eigenvalue weighted by Gasteiger charge is -2.36. The maximum absolute atomic E-state index is 12.9. The van der Waals surface area contributed by atoms with Crippen LogP contribution >= 0.6 is 15.9 Å². The molecule has 0 bridgehead atoms. The van der Waals surface area contributed by atoms with Gasteiger partial charge < -0.3 is 16.2 Å². The van der Waals surface area contributed by atoms with Crippen molar-refractivity contribution in [2.75, 3.05) is 25.0 Å². The summed E-state index contributed by atoms with van der Waals surface area (Å²) in [6, 6.07) is 7.74. The number of carbonyl (C=O) groups is 1. The first-order chi connectivity index (χ1) is 13.7. The molecule has 2 unspecified atom stereocenters. The lowest BCUT2D eigenvalue weighted by atomic mass is 9.90. The third kappa shape index (κ3) is 5.29. The molecule has 0 spiro atoms. The molecule has 7 nitrogen and oxygen atoms in total. The number of halogens is 1. The molecule has 0 saturated carbocycles. The molecule has 0 radical (unpaired) electrons. The molecule has 2 atom stereocenters. The number of hydrogen-bond acceptors (Lipinski definition) is 6. The molecule has 29 heavy (non-hydrogen) atoms. The van der Waals surface area contributed by atoms with Gasteiger partial charge in [0.15, 0.2) is 12.3 Å². The maximum atomic E-state index is 12.9. The smallest absolute Gasteiger partial charge is 0.257 e. The summed E-state index contributed by atoms with van der Waals surface area (Å²) in [5, 5.41) is 13.7. The van der Waals surface area contributed by atoms with E-state index in [1.165, 1.54) is 0 Å². The molecule has 3 rings (SSSR count). The third-order valence-corrected chi connectivity index (χ3v) is 6.20. The highest BCUT2D eigenvalue weighted by atomic mass is 79.9. The first-order valence-corrected chi connectivity index (χ1v) is 11.1. The number of benzene rings is 1. The third-order valence-electron chi connectivity index (χ3n) is 5.71. The number of nitrogens with one attached hydrogen (secondary N) is 1. The van der Waals surface area contributed by atoms with Crippen LogP contribution in [0.15, 0.2) is 33.7 Å². The Hall–Kier alpha value is -1.64. The van der Waals surface area contributed by atoms with Crippen LogP contribution in [-0.2, 0) is 4.79 Å². The van der Waals surface area contributed by atoms with E-state index in [1.807, 2.05) is 36.1 Å². The van der Waals surface area contributed by atoms with Crippen LogP contribution in [0.25, 0.3) is 0 Å². The molecule has 8 heteroatoms. The standard InChI is InChI=1S/C21H32BrN5O2/c1-14(2)12-21(3)18(28)27(19(23)25-21)13-15-7-9-26(10-8-15)20(29)24-17-6-4-5-16(22)11-17/h4-6,11,14-15,20,24,29H,7-10,12-13H2,1-3H3,(H2,23,25). The first kappa shape index (κ1) is 22.1. The number of aliphatic hydroxyl groups excluding tert-OH is 1. The van der Waals surface area contributed by atoms with Crippen LogP contribution in [0.2, 0.25) is 0 Å². The molecular formula is C21H32BrN5O2. The average Bonchev–Trinajstić information content (AvgIpc) is 2.84. The van der Waals surface area contributed by atoms with Crippen LogP contribution in [0.1, 0.15) is 40.0 Å². The molecule has 160 valence electrons. The number of guanidine groups is 1. The number of anilines is 1. The van der Waals surface area contributed by atoms with Crippen molar-refractivity contribution in [1.82, 2.24) is 9.80 Å². The summed E-state index contributed by atoms with van der Waals surface area (Å²) >= 11 is 3.44. The van der Waals surface area contributed by atoms with Crippen molar-refractivity contribution >= 4 is 33.5 Å². The second-order valence-corrected chi connectivity index (χ2v) is 9.68. The molecule has 0 aliphatic carbocycles. The number of amides is 1. The van der Waals surface area contributed by atoms with Gasteiger partial charge in [0.05, 0.1) is 0 Å². The van der Waals surface area contributed by atoms with Crippen LogP contribution in [-0.4, -0.2) is 58.3 Å². The number of likely N-dealkylation sites (tertiary alicyclic amines) is 1. The maximum Gasteiger partial charge on any atom is 0.257 e. The highest BCUT2D eigenvalue weighted by molar-refractivity contribution is 9.10. The summed E-state index contributed by atoms with van der Waals surface area (Å²) in [6.07, 6.45) is 1.76. The molecule has 1 amide bonds. The van der Waals surface area contributed by atoms with Crippen molar-refractivity contribution in [1.29, 1.82) is 0 Å². The van der Waals surface area contributed by atoms with Crippen LogP contribution in [0, 0.1) is 11.8 Å². The van der Waals surface area contributed by atoms with Gasteiger partial charge in [-0.1, -0.05) is 35.8 Å². The van der Waals surface area contributed by atoms with Crippen molar-refractivity contribution in [3.63, 3.8) is 0 Å². The predicted octanol–water partition coefficient (Wildman–Crippen LogP) is 2.81. The minimum absolute atomic E-state index is 0.0162. The van der Waals surface area contributed by atoms with Crippen LogP contribution in [0.5, 0.6) is 0 Å². The Morgan fingerprint density at radius 3 is 2.69 bits per heavy atom. The van der Waals surface area contributed by atoms with E-state index in [0.717, 1.165) is 36.1 Å². The number of nitrogens with zero attached hydrogens (tertiary/aromatic N) is 3. The van der Waals surface area contributed by atoms with E-state index in [2.05, 4.69) is 40.1 Å². The van der Waals surface area contributed by atoms with Crippen molar-refractivity contribution < 1.29 is 9.90 Å². The summed E-state index contributed by atoms with van der Waals surface area (Å²) in [6.45, 7) is 8.19. The lowest BCUT2D eigenvalue weighted by molar-refractivity contribution is -0.131. The Morgan fingerprint density at radius 2 is 2.07 bits per heavy atom. The van der Waals surface area contributed by atoms with Gasteiger partial charge in [0.2, 0.25) is 0 Å². The second kappa shape index (κ2) is 9.02. The first-order valence-electron chi connectivity index (χ1n) is 10.3. The van der Waals surface area contributed by atoms with Gasteiger partial charge in [-0.15, -0.1) is 0 Å². The van der Waals surface area contributed by atoms with Gasteiger partial charge >= 0.3 is 0 Å². The van der Waals surface area contributed by atoms with Crippen molar-refractivity contribution in [2.24, 2.45) is 22.6 Å². The Kier molecular flexibility index (Phi) is 6.86. The van der Waals surface area contributed by atoms with E-state index < -0.39 is 11.9 Å². The van der Waals surface area contributed by atoms with Crippen molar-refractivity contribution in [3.8, 4) is 0 Å². The molecule has 2 aliphatic heterocycles. The highest BCUT2D eigenvalue weighted by Gasteiger charge is 2.44. The van der Waals surface area contributed by atoms with E-state index in [9.17, 15) is 9.90 Å². The van der Waals surface area contributed by atoms with Gasteiger partial charge in [0, 0.05) is 29.8 Å². The minimum atomic E-state index is -0.736. The fourth-order valence-electron chi connectivity index (χ4n) is 4.32. The van der Waals surface area contributed by atoms with Gasteiger partial charge in [-0.05, 0) is 56.2 Å². The number of nitrogens with two attached hydrogens (primary N) is 1. The largest absolute Gasteiger partial charge is 0.369 e. The number of aliphatic hydroxyl groups is 1. The average molecular weight is 466 g/mol. The number of carbonyl (C=O) groups excluding carboxylic acids is 1. The monoisotopic (exact) mass is 465 g/mol. The molecule has 1 fully saturated rings. The summed E-state index contributed by atoms with van der Waals surface area (Å²) < 4.78 is 0.965. The van der Waals surface area contributed by atoms with Crippen molar-refractivity contribution in [3.05, 3.63) is 28.7 Å². The van der Waals surface area contributed by atoms with Crippen molar-refractivity contribution in [2.45, 2.75) is 51.9 Å². The Bertz CT molecular complexity index is 763. The second-order valence-electron chi connectivity index (χ2n) is 8.77. The zero-order chi connectivity index (χ0) is 21.2. The molecule has 2 heterocycles. The number of hydrogen-bond donors (Lipinski definition) is 3. The molecule has 0 aromatic heterocycles. The van der Waals surface area contributed by atoms with Gasteiger partial charge in [-0.2, -0.15) is 0 Å². The lowest BCUT2D eigenvalue weighted by Crippen LogP contribution is -2.49. The molecular weight excluding hydrogens is 434 g/mol. The summed E-state index contributed by atoms with van der Waals surface area (Å²) in [7, 11) is 0. The summed E-state index contributed by atoms with van der Waals surface area (Å²) in [5.74, 6) is 1.09.